The van der Waals surface area contributed by atoms with E-state index in [2.05, 4.69) is 31.7 Å². The van der Waals surface area contributed by atoms with E-state index in [1.807, 2.05) is 42.5 Å². The molecule has 2 N–H and O–H groups in total. The lowest BCUT2D eigenvalue weighted by Crippen LogP contribution is -2.13. The Kier molecular flexibility index (Phi) is 5.34. The molecule has 1 aliphatic carbocycles. The molecule has 2 aliphatic heterocycles. The second-order valence-electron chi connectivity index (χ2n) is 8.13. The Morgan fingerprint density at radius 3 is 2.67 bits per heavy atom. The van der Waals surface area contributed by atoms with Gasteiger partial charge in [0.1, 0.15) is 12.3 Å². The average Bonchev–Trinajstić information content (AvgIpc) is 3.28. The number of carbonyl (C=O) groups is 1. The van der Waals surface area contributed by atoms with Gasteiger partial charge in [-0.3, -0.25) is 4.79 Å². The fraction of sp³-hybridized carbons (Fsp3) is 0.333. The van der Waals surface area contributed by atoms with Gasteiger partial charge in [0, 0.05) is 27.0 Å². The molecule has 30 heavy (non-hydrogen) atoms. The van der Waals surface area contributed by atoms with E-state index in [4.69, 9.17) is 4.84 Å². The number of halogens is 1. The summed E-state index contributed by atoms with van der Waals surface area (Å²) in [6.07, 6.45) is 7.65. The smallest absolute Gasteiger partial charge is 0.258 e. The molecular formula is C24H24BrN3O2. The molecule has 1 fully saturated rings. The van der Waals surface area contributed by atoms with Crippen LogP contribution in [0.4, 0.5) is 11.4 Å². The van der Waals surface area contributed by atoms with Crippen LogP contribution in [0, 0.1) is 5.92 Å². The van der Waals surface area contributed by atoms with Gasteiger partial charge in [-0.2, -0.15) is 0 Å². The van der Waals surface area contributed by atoms with Crippen molar-refractivity contribution in [1.29, 1.82) is 0 Å². The third-order valence-corrected chi connectivity index (χ3v) is 6.65. The van der Waals surface area contributed by atoms with Gasteiger partial charge in [-0.15, -0.1) is 0 Å². The first kappa shape index (κ1) is 19.4. The molecule has 3 aliphatic rings. The molecule has 0 bridgehead atoms. The summed E-state index contributed by atoms with van der Waals surface area (Å²) in [7, 11) is 0. The summed E-state index contributed by atoms with van der Waals surface area (Å²) in [5.74, 6) is 0.615. The van der Waals surface area contributed by atoms with E-state index in [1.54, 1.807) is 0 Å². The SMILES string of the molecule is O=C1Nc2ccc(Br)cc2/C1=C1/Nc2ccccc2/C1=N\OCCC1CCCCC1. The van der Waals surface area contributed by atoms with Crippen molar-refractivity contribution in [1.82, 2.24) is 0 Å². The highest BCUT2D eigenvalue weighted by molar-refractivity contribution is 9.10. The van der Waals surface area contributed by atoms with Crippen LogP contribution < -0.4 is 10.6 Å². The zero-order valence-electron chi connectivity index (χ0n) is 16.7. The summed E-state index contributed by atoms with van der Waals surface area (Å²) >= 11 is 3.52. The van der Waals surface area contributed by atoms with E-state index in [0.29, 0.717) is 23.6 Å². The van der Waals surface area contributed by atoms with Crippen LogP contribution in [-0.2, 0) is 9.63 Å². The monoisotopic (exact) mass is 465 g/mol. The van der Waals surface area contributed by atoms with Gasteiger partial charge in [-0.05, 0) is 36.6 Å². The Morgan fingerprint density at radius 1 is 1.00 bits per heavy atom. The van der Waals surface area contributed by atoms with Gasteiger partial charge < -0.3 is 15.5 Å². The van der Waals surface area contributed by atoms with Crippen LogP contribution >= 0.6 is 15.9 Å². The highest BCUT2D eigenvalue weighted by Gasteiger charge is 2.34. The highest BCUT2D eigenvalue weighted by atomic mass is 79.9. The summed E-state index contributed by atoms with van der Waals surface area (Å²) in [6.45, 7) is 0.604. The lowest BCUT2D eigenvalue weighted by molar-refractivity contribution is -0.110. The summed E-state index contributed by atoms with van der Waals surface area (Å²) in [5.41, 5.74) is 5.54. The minimum atomic E-state index is -0.131. The number of para-hydroxylation sites is 1. The number of rotatable bonds is 4. The first-order valence-corrected chi connectivity index (χ1v) is 11.4. The molecule has 154 valence electrons. The van der Waals surface area contributed by atoms with E-state index in [-0.39, 0.29) is 5.91 Å². The highest BCUT2D eigenvalue weighted by Crippen LogP contribution is 2.40. The quantitative estimate of drug-likeness (QED) is 0.334. The largest absolute Gasteiger partial charge is 0.395 e. The van der Waals surface area contributed by atoms with E-state index >= 15 is 0 Å². The lowest BCUT2D eigenvalue weighted by atomic mass is 9.87. The number of nitrogens with one attached hydrogen (secondary N) is 2. The van der Waals surface area contributed by atoms with Crippen LogP contribution in [0.3, 0.4) is 0 Å². The van der Waals surface area contributed by atoms with E-state index in [9.17, 15) is 4.79 Å². The second-order valence-corrected chi connectivity index (χ2v) is 9.05. The zero-order valence-corrected chi connectivity index (χ0v) is 18.3. The lowest BCUT2D eigenvalue weighted by Gasteiger charge is -2.20. The molecule has 1 amide bonds. The van der Waals surface area contributed by atoms with Crippen LogP contribution in [-0.4, -0.2) is 18.2 Å². The number of benzene rings is 2. The van der Waals surface area contributed by atoms with Gasteiger partial charge in [-0.25, -0.2) is 0 Å². The number of allylic oxidation sites excluding steroid dienone is 1. The van der Waals surface area contributed by atoms with E-state index in [1.165, 1.54) is 32.1 Å². The summed E-state index contributed by atoms with van der Waals surface area (Å²) in [4.78, 5) is 18.6. The van der Waals surface area contributed by atoms with Crippen molar-refractivity contribution in [2.24, 2.45) is 11.1 Å². The molecule has 0 aromatic heterocycles. The number of oxime groups is 1. The van der Waals surface area contributed by atoms with E-state index in [0.717, 1.165) is 39.3 Å². The topological polar surface area (TPSA) is 62.7 Å². The molecule has 2 aromatic carbocycles. The number of hydrogen-bond acceptors (Lipinski definition) is 4. The summed E-state index contributed by atoms with van der Waals surface area (Å²) < 4.78 is 0.925. The summed E-state index contributed by atoms with van der Waals surface area (Å²) in [5, 5.41) is 10.9. The maximum absolute atomic E-state index is 12.8. The fourth-order valence-electron chi connectivity index (χ4n) is 4.60. The minimum absolute atomic E-state index is 0.131. The van der Waals surface area contributed by atoms with E-state index < -0.39 is 0 Å². The van der Waals surface area contributed by atoms with Crippen LogP contribution in [0.15, 0.2) is 57.8 Å². The fourth-order valence-corrected chi connectivity index (χ4v) is 4.96. The third-order valence-electron chi connectivity index (χ3n) is 6.15. The normalized spacial score (nSPS) is 21.9. The number of fused-ring (bicyclic) bond motifs is 2. The molecule has 2 heterocycles. The Hall–Kier alpha value is -2.60. The van der Waals surface area contributed by atoms with Crippen molar-refractivity contribution in [3.8, 4) is 0 Å². The van der Waals surface area contributed by atoms with Crippen LogP contribution in [0.5, 0.6) is 0 Å². The van der Waals surface area contributed by atoms with Gasteiger partial charge in [0.2, 0.25) is 0 Å². The molecule has 5 nitrogen and oxygen atoms in total. The Balaban J connectivity index is 1.47. The number of nitrogens with zero attached hydrogens (tertiary/aromatic N) is 1. The molecule has 0 unspecified atom stereocenters. The van der Waals surface area contributed by atoms with Gasteiger partial charge in [-0.1, -0.05) is 71.4 Å². The van der Waals surface area contributed by atoms with Crippen molar-refractivity contribution < 1.29 is 9.63 Å². The Morgan fingerprint density at radius 2 is 1.80 bits per heavy atom. The maximum atomic E-state index is 12.8. The van der Waals surface area contributed by atoms with Gasteiger partial charge in [0.05, 0.1) is 11.3 Å². The molecule has 1 saturated carbocycles. The van der Waals surface area contributed by atoms with Gasteiger partial charge in [0.15, 0.2) is 0 Å². The first-order chi connectivity index (χ1) is 14.7. The van der Waals surface area contributed by atoms with Crippen molar-refractivity contribution in [2.45, 2.75) is 38.5 Å². The maximum Gasteiger partial charge on any atom is 0.258 e. The third kappa shape index (κ3) is 3.65. The molecule has 0 spiro atoms. The first-order valence-electron chi connectivity index (χ1n) is 10.6. The van der Waals surface area contributed by atoms with Crippen LogP contribution in [0.1, 0.15) is 49.7 Å². The van der Waals surface area contributed by atoms with Gasteiger partial charge >= 0.3 is 0 Å². The summed E-state index contributed by atoms with van der Waals surface area (Å²) in [6, 6.07) is 13.7. The van der Waals surface area contributed by atoms with Crippen molar-refractivity contribution in [3.05, 3.63) is 63.8 Å². The molecule has 5 rings (SSSR count). The molecular weight excluding hydrogens is 442 g/mol. The Bertz CT molecular complexity index is 1050. The van der Waals surface area contributed by atoms with Crippen LogP contribution in [0.2, 0.25) is 0 Å². The zero-order chi connectivity index (χ0) is 20.5. The van der Waals surface area contributed by atoms with Crippen molar-refractivity contribution >= 4 is 44.5 Å². The predicted molar refractivity (Wildman–Crippen MR) is 123 cm³/mol. The molecule has 0 saturated heterocycles. The number of anilines is 2. The minimum Gasteiger partial charge on any atom is -0.395 e. The predicted octanol–water partition coefficient (Wildman–Crippen LogP) is 5.93. The van der Waals surface area contributed by atoms with Gasteiger partial charge in [0.25, 0.3) is 5.91 Å². The number of amides is 1. The molecule has 2 aromatic rings. The van der Waals surface area contributed by atoms with Crippen LogP contribution in [0.25, 0.3) is 5.57 Å². The van der Waals surface area contributed by atoms with Crippen molar-refractivity contribution in [2.75, 3.05) is 17.2 Å². The second kappa shape index (κ2) is 8.26. The van der Waals surface area contributed by atoms with Crippen molar-refractivity contribution in [3.63, 3.8) is 0 Å². The molecule has 6 heteroatoms. The number of carbonyl (C=O) groups excluding carboxylic acids is 1. The molecule has 0 radical (unpaired) electrons. The number of hydrogen-bond donors (Lipinski definition) is 2. The Labute approximate surface area is 184 Å². The standard InChI is InChI=1S/C24H24BrN3O2/c25-16-10-11-20-18(14-16)21(24(29)27-20)23-22(17-8-4-5-9-19(17)26-23)28-30-13-12-15-6-2-1-3-7-15/h4-5,8-11,14-15,26H,1-3,6-7,12-13H2,(H,27,29)/b23-21-,28-22+. The average molecular weight is 466 g/mol. The molecule has 0 atom stereocenters.